The fraction of sp³-hybridized carbons (Fsp3) is 0.412. The van der Waals surface area contributed by atoms with E-state index in [0.29, 0.717) is 25.8 Å². The Morgan fingerprint density at radius 2 is 2.05 bits per heavy atom. The second-order valence-corrected chi connectivity index (χ2v) is 5.93. The van der Waals surface area contributed by atoms with Gasteiger partial charge in [0.15, 0.2) is 0 Å². The van der Waals surface area contributed by atoms with Crippen LogP contribution < -0.4 is 5.32 Å². The third-order valence-electron chi connectivity index (χ3n) is 4.41. The molecule has 5 heteroatoms. The van der Waals surface area contributed by atoms with Crippen LogP contribution in [0, 0.1) is 5.92 Å². The number of para-hydroxylation sites is 1. The molecule has 3 rings (SSSR count). The van der Waals surface area contributed by atoms with Crippen LogP contribution in [0.2, 0.25) is 0 Å². The number of carbonyl (C=O) groups is 2. The van der Waals surface area contributed by atoms with Gasteiger partial charge in [0.25, 0.3) is 0 Å². The summed E-state index contributed by atoms with van der Waals surface area (Å²) in [7, 11) is 0. The Kier molecular flexibility index (Phi) is 4.13. The lowest BCUT2D eigenvalue weighted by Gasteiger charge is -2.13. The van der Waals surface area contributed by atoms with Crippen molar-refractivity contribution in [1.29, 1.82) is 0 Å². The number of aliphatic carboxylic acids is 1. The van der Waals surface area contributed by atoms with Crippen molar-refractivity contribution < 1.29 is 14.7 Å². The Labute approximate surface area is 128 Å². The summed E-state index contributed by atoms with van der Waals surface area (Å²) >= 11 is 0. The smallest absolute Gasteiger partial charge is 0.306 e. The van der Waals surface area contributed by atoms with Gasteiger partial charge in [-0.25, -0.2) is 0 Å². The zero-order chi connectivity index (χ0) is 15.5. The number of carboxylic acids is 1. The van der Waals surface area contributed by atoms with E-state index in [1.54, 1.807) is 0 Å². The van der Waals surface area contributed by atoms with Crippen molar-refractivity contribution in [3.63, 3.8) is 0 Å². The summed E-state index contributed by atoms with van der Waals surface area (Å²) in [5, 5.41) is 13.1. The molecule has 0 spiro atoms. The highest BCUT2D eigenvalue weighted by molar-refractivity contribution is 5.80. The molecular weight excluding hydrogens is 280 g/mol. The molecule has 22 heavy (non-hydrogen) atoms. The van der Waals surface area contributed by atoms with E-state index < -0.39 is 5.97 Å². The highest BCUT2D eigenvalue weighted by Gasteiger charge is 2.30. The average molecular weight is 300 g/mol. The van der Waals surface area contributed by atoms with Gasteiger partial charge < -0.3 is 15.0 Å². The fourth-order valence-electron chi connectivity index (χ4n) is 3.19. The van der Waals surface area contributed by atoms with Gasteiger partial charge in [-0.3, -0.25) is 9.59 Å². The molecule has 5 nitrogen and oxygen atoms in total. The number of aryl methyl sites for hydroxylation is 1. The average Bonchev–Trinajstić information content (AvgIpc) is 3.12. The van der Waals surface area contributed by atoms with E-state index in [4.69, 9.17) is 5.11 Å². The van der Waals surface area contributed by atoms with Crippen LogP contribution >= 0.6 is 0 Å². The Morgan fingerprint density at radius 1 is 1.23 bits per heavy atom. The van der Waals surface area contributed by atoms with Crippen LogP contribution in [0.15, 0.2) is 36.5 Å². The first-order chi connectivity index (χ1) is 10.6. The van der Waals surface area contributed by atoms with Crippen LogP contribution in [0.4, 0.5) is 0 Å². The van der Waals surface area contributed by atoms with Crippen molar-refractivity contribution >= 4 is 22.8 Å². The van der Waals surface area contributed by atoms with Crippen molar-refractivity contribution in [2.45, 2.75) is 38.3 Å². The quantitative estimate of drug-likeness (QED) is 0.890. The third kappa shape index (κ3) is 3.13. The van der Waals surface area contributed by atoms with E-state index in [9.17, 15) is 9.59 Å². The molecule has 2 aromatic rings. The van der Waals surface area contributed by atoms with Crippen molar-refractivity contribution in [1.82, 2.24) is 9.88 Å². The zero-order valence-electron chi connectivity index (χ0n) is 12.4. The van der Waals surface area contributed by atoms with Crippen LogP contribution in [0.3, 0.4) is 0 Å². The Bertz CT molecular complexity index is 692. The monoisotopic (exact) mass is 300 g/mol. The standard InChI is InChI=1S/C17H20N2O3/c20-16(18-14-6-5-13(11-14)17(21)22)8-10-19-9-7-12-3-1-2-4-15(12)19/h1-4,7,9,13-14H,5-6,8,10-11H2,(H,18,20)(H,21,22). The number of hydrogen-bond acceptors (Lipinski definition) is 2. The topological polar surface area (TPSA) is 71.3 Å². The fourth-order valence-corrected chi connectivity index (χ4v) is 3.19. The molecule has 2 unspecified atom stereocenters. The first kappa shape index (κ1) is 14.6. The predicted molar refractivity (Wildman–Crippen MR) is 83.5 cm³/mol. The molecule has 1 aromatic heterocycles. The maximum atomic E-state index is 12.0. The van der Waals surface area contributed by atoms with E-state index in [1.165, 1.54) is 5.39 Å². The molecule has 1 aliphatic carbocycles. The minimum atomic E-state index is -0.754. The number of hydrogen-bond donors (Lipinski definition) is 2. The van der Waals surface area contributed by atoms with Gasteiger partial charge in [-0.1, -0.05) is 18.2 Å². The number of aromatic nitrogens is 1. The lowest BCUT2D eigenvalue weighted by molar-refractivity contribution is -0.141. The molecule has 2 atom stereocenters. The number of amides is 1. The summed E-state index contributed by atoms with van der Waals surface area (Å²) in [4.78, 5) is 23.0. The van der Waals surface area contributed by atoms with Crippen LogP contribution in [0.5, 0.6) is 0 Å². The van der Waals surface area contributed by atoms with Gasteiger partial charge in [-0.2, -0.15) is 0 Å². The van der Waals surface area contributed by atoms with Gasteiger partial charge in [0.2, 0.25) is 5.91 Å². The summed E-state index contributed by atoms with van der Waals surface area (Å²) < 4.78 is 2.07. The molecule has 0 radical (unpaired) electrons. The summed E-state index contributed by atoms with van der Waals surface area (Å²) in [5.41, 5.74) is 1.13. The van der Waals surface area contributed by atoms with Gasteiger partial charge in [0.05, 0.1) is 5.92 Å². The second-order valence-electron chi connectivity index (χ2n) is 5.93. The second kappa shape index (κ2) is 6.22. The van der Waals surface area contributed by atoms with Gasteiger partial charge >= 0.3 is 5.97 Å². The van der Waals surface area contributed by atoms with Crippen LogP contribution in [-0.2, 0) is 16.1 Å². The minimum absolute atomic E-state index is 0.00572. The van der Waals surface area contributed by atoms with Gasteiger partial charge in [0.1, 0.15) is 0 Å². The lowest BCUT2D eigenvalue weighted by Crippen LogP contribution is -2.33. The summed E-state index contributed by atoms with van der Waals surface area (Å²) in [5.74, 6) is -1.07. The number of carboxylic acid groups (broad SMARTS) is 1. The first-order valence-corrected chi connectivity index (χ1v) is 7.69. The largest absolute Gasteiger partial charge is 0.481 e. The van der Waals surface area contributed by atoms with Crippen molar-refractivity contribution in [3.8, 4) is 0 Å². The molecule has 1 aromatic carbocycles. The number of rotatable bonds is 5. The summed E-state index contributed by atoms with van der Waals surface area (Å²) in [6, 6.07) is 10.1. The van der Waals surface area contributed by atoms with Crippen molar-refractivity contribution in [3.05, 3.63) is 36.5 Å². The lowest BCUT2D eigenvalue weighted by atomic mass is 10.1. The predicted octanol–water partition coefficient (Wildman–Crippen LogP) is 2.40. The molecular formula is C17H20N2O3. The SMILES string of the molecule is O=C(CCn1ccc2ccccc21)NC1CCC(C(=O)O)C1. The molecule has 1 amide bonds. The molecule has 0 bridgehead atoms. The number of carbonyl (C=O) groups excluding carboxylic acids is 1. The number of nitrogens with one attached hydrogen (secondary N) is 1. The maximum Gasteiger partial charge on any atom is 0.306 e. The normalized spacial score (nSPS) is 21.1. The molecule has 1 saturated carbocycles. The highest BCUT2D eigenvalue weighted by atomic mass is 16.4. The van der Waals surface area contributed by atoms with E-state index in [0.717, 1.165) is 11.9 Å². The Morgan fingerprint density at radius 3 is 2.82 bits per heavy atom. The molecule has 116 valence electrons. The number of fused-ring (bicyclic) bond motifs is 1. The van der Waals surface area contributed by atoms with Crippen molar-refractivity contribution in [2.75, 3.05) is 0 Å². The number of nitrogens with zero attached hydrogens (tertiary/aromatic N) is 1. The highest BCUT2D eigenvalue weighted by Crippen LogP contribution is 2.25. The van der Waals surface area contributed by atoms with Crippen LogP contribution in [0.1, 0.15) is 25.7 Å². The Balaban J connectivity index is 1.52. The number of benzene rings is 1. The van der Waals surface area contributed by atoms with Crippen molar-refractivity contribution in [2.24, 2.45) is 5.92 Å². The van der Waals surface area contributed by atoms with Crippen LogP contribution in [-0.4, -0.2) is 27.6 Å². The summed E-state index contributed by atoms with van der Waals surface area (Å²) in [6.45, 7) is 0.633. The van der Waals surface area contributed by atoms with Gasteiger partial charge in [0, 0.05) is 30.7 Å². The molecule has 1 heterocycles. The van der Waals surface area contributed by atoms with Crippen LogP contribution in [0.25, 0.3) is 10.9 Å². The molecule has 1 aliphatic rings. The van der Waals surface area contributed by atoms with Gasteiger partial charge in [-0.05, 0) is 36.8 Å². The van der Waals surface area contributed by atoms with E-state index >= 15 is 0 Å². The van der Waals surface area contributed by atoms with E-state index in [1.807, 2.05) is 30.5 Å². The molecule has 1 fully saturated rings. The summed E-state index contributed by atoms with van der Waals surface area (Å²) in [6.07, 6.45) is 4.37. The van der Waals surface area contributed by atoms with E-state index in [-0.39, 0.29) is 17.9 Å². The molecule has 0 aliphatic heterocycles. The first-order valence-electron chi connectivity index (χ1n) is 7.69. The minimum Gasteiger partial charge on any atom is -0.481 e. The van der Waals surface area contributed by atoms with E-state index in [2.05, 4.69) is 16.0 Å². The zero-order valence-corrected chi connectivity index (χ0v) is 12.4. The maximum absolute atomic E-state index is 12.0. The molecule has 2 N–H and O–H groups in total. The van der Waals surface area contributed by atoms with Gasteiger partial charge in [-0.15, -0.1) is 0 Å². The third-order valence-corrected chi connectivity index (χ3v) is 4.41. The Hall–Kier alpha value is -2.30. The molecule has 0 saturated heterocycles.